The van der Waals surface area contributed by atoms with E-state index in [-0.39, 0.29) is 24.0 Å². The first kappa shape index (κ1) is 12.0. The molecular formula is C10H15FN4O2. The van der Waals surface area contributed by atoms with Gasteiger partial charge in [-0.05, 0) is 0 Å². The first-order valence-electron chi connectivity index (χ1n) is 5.24. The van der Waals surface area contributed by atoms with Crippen molar-refractivity contribution in [1.82, 2.24) is 9.97 Å². The van der Waals surface area contributed by atoms with Crippen molar-refractivity contribution >= 4 is 11.8 Å². The smallest absolute Gasteiger partial charge is 0.222 e. The van der Waals surface area contributed by atoms with Crippen LogP contribution in [-0.4, -0.2) is 49.5 Å². The Morgan fingerprint density at radius 3 is 2.47 bits per heavy atom. The molecule has 2 unspecified atom stereocenters. The fraction of sp³-hybridized carbons (Fsp3) is 0.600. The van der Waals surface area contributed by atoms with Gasteiger partial charge < -0.3 is 20.1 Å². The summed E-state index contributed by atoms with van der Waals surface area (Å²) in [7, 11) is 3.20. The van der Waals surface area contributed by atoms with E-state index >= 15 is 0 Å². The van der Waals surface area contributed by atoms with Gasteiger partial charge in [-0.25, -0.2) is 9.37 Å². The predicted octanol–water partition coefficient (Wildman–Crippen LogP) is 0.0479. The highest BCUT2D eigenvalue weighted by atomic mass is 19.1. The van der Waals surface area contributed by atoms with Gasteiger partial charge >= 0.3 is 0 Å². The largest absolute Gasteiger partial charge is 0.377 e. The second-order valence-electron chi connectivity index (χ2n) is 3.85. The Labute approximate surface area is 98.5 Å². The molecule has 1 aromatic rings. The minimum absolute atomic E-state index is 0.0521. The van der Waals surface area contributed by atoms with Gasteiger partial charge in [0.25, 0.3) is 0 Å². The molecule has 0 radical (unpaired) electrons. The van der Waals surface area contributed by atoms with Gasteiger partial charge in [-0.2, -0.15) is 4.98 Å². The monoisotopic (exact) mass is 242 g/mol. The van der Waals surface area contributed by atoms with Crippen LogP contribution in [0.3, 0.4) is 0 Å². The molecule has 0 bridgehead atoms. The molecule has 2 rings (SSSR count). The zero-order valence-corrected chi connectivity index (χ0v) is 9.76. The summed E-state index contributed by atoms with van der Waals surface area (Å²) in [5, 5.41) is 0. The molecular weight excluding hydrogens is 227 g/mol. The Bertz CT molecular complexity index is 392. The van der Waals surface area contributed by atoms with Crippen LogP contribution in [0.15, 0.2) is 6.20 Å². The van der Waals surface area contributed by atoms with E-state index in [0.717, 1.165) is 6.20 Å². The summed E-state index contributed by atoms with van der Waals surface area (Å²) in [5.74, 6) is -0.249. The molecule has 7 heteroatoms. The van der Waals surface area contributed by atoms with Gasteiger partial charge in [0.1, 0.15) is 12.2 Å². The number of nitrogens with zero attached hydrogens (tertiary/aromatic N) is 3. The van der Waals surface area contributed by atoms with Gasteiger partial charge in [0, 0.05) is 27.3 Å². The number of halogens is 1. The number of aromatic nitrogens is 2. The molecule has 6 nitrogen and oxygen atoms in total. The Hall–Kier alpha value is -1.47. The topological polar surface area (TPSA) is 73.5 Å². The van der Waals surface area contributed by atoms with Crippen LogP contribution in [0.25, 0.3) is 0 Å². The second kappa shape index (κ2) is 4.80. The van der Waals surface area contributed by atoms with E-state index in [1.165, 1.54) is 0 Å². The minimum Gasteiger partial charge on any atom is -0.377 e. The van der Waals surface area contributed by atoms with Gasteiger partial charge in [0.15, 0.2) is 11.6 Å². The summed E-state index contributed by atoms with van der Waals surface area (Å²) >= 11 is 0. The maximum Gasteiger partial charge on any atom is 0.222 e. The average molecular weight is 242 g/mol. The third-order valence-corrected chi connectivity index (χ3v) is 2.86. The number of rotatable bonds is 3. The van der Waals surface area contributed by atoms with Crippen LogP contribution in [0.2, 0.25) is 0 Å². The van der Waals surface area contributed by atoms with Crippen molar-refractivity contribution in [2.75, 3.05) is 37.9 Å². The Kier molecular flexibility index (Phi) is 3.39. The van der Waals surface area contributed by atoms with Crippen LogP contribution in [0.1, 0.15) is 0 Å². The number of hydrogen-bond acceptors (Lipinski definition) is 6. The first-order chi connectivity index (χ1) is 8.15. The summed E-state index contributed by atoms with van der Waals surface area (Å²) in [4.78, 5) is 9.24. The van der Waals surface area contributed by atoms with E-state index in [4.69, 9.17) is 15.2 Å². The maximum atomic E-state index is 13.6. The molecule has 1 aliphatic heterocycles. The summed E-state index contributed by atoms with van der Waals surface area (Å²) in [6.45, 7) is 1.03. The van der Waals surface area contributed by atoms with Gasteiger partial charge in [0.2, 0.25) is 5.95 Å². The van der Waals surface area contributed by atoms with E-state index in [1.54, 1.807) is 19.1 Å². The van der Waals surface area contributed by atoms with Crippen molar-refractivity contribution in [2.45, 2.75) is 12.2 Å². The van der Waals surface area contributed by atoms with Crippen molar-refractivity contribution in [3.05, 3.63) is 12.0 Å². The number of nitrogens with two attached hydrogens (primary N) is 1. The third kappa shape index (κ3) is 2.29. The zero-order chi connectivity index (χ0) is 12.4. The Morgan fingerprint density at radius 1 is 1.35 bits per heavy atom. The molecule has 1 aliphatic rings. The van der Waals surface area contributed by atoms with Crippen LogP contribution in [0.4, 0.5) is 16.2 Å². The van der Waals surface area contributed by atoms with Crippen molar-refractivity contribution in [2.24, 2.45) is 0 Å². The lowest BCUT2D eigenvalue weighted by atomic mass is 10.3. The van der Waals surface area contributed by atoms with E-state index in [0.29, 0.717) is 13.1 Å². The molecule has 1 saturated heterocycles. The zero-order valence-electron chi connectivity index (χ0n) is 9.76. The van der Waals surface area contributed by atoms with Crippen LogP contribution < -0.4 is 10.6 Å². The highest BCUT2D eigenvalue weighted by Crippen LogP contribution is 2.24. The second-order valence-corrected chi connectivity index (χ2v) is 3.85. The van der Waals surface area contributed by atoms with Gasteiger partial charge in [-0.3, -0.25) is 0 Å². The molecule has 0 amide bonds. The van der Waals surface area contributed by atoms with Crippen LogP contribution in [-0.2, 0) is 9.47 Å². The molecule has 0 aliphatic carbocycles. The molecule has 0 saturated carbocycles. The van der Waals surface area contributed by atoms with Crippen molar-refractivity contribution in [3.8, 4) is 0 Å². The molecule has 2 atom stereocenters. The molecule has 0 aromatic carbocycles. The van der Waals surface area contributed by atoms with E-state index in [9.17, 15) is 4.39 Å². The molecule has 0 spiro atoms. The molecule has 2 N–H and O–H groups in total. The van der Waals surface area contributed by atoms with Gasteiger partial charge in [0.05, 0.1) is 6.20 Å². The lowest BCUT2D eigenvalue weighted by Crippen LogP contribution is -2.27. The van der Waals surface area contributed by atoms with Crippen LogP contribution in [0.5, 0.6) is 0 Å². The highest BCUT2D eigenvalue weighted by Gasteiger charge is 2.34. The van der Waals surface area contributed by atoms with Crippen molar-refractivity contribution < 1.29 is 13.9 Å². The van der Waals surface area contributed by atoms with E-state index in [1.807, 2.05) is 0 Å². The number of methoxy groups -OCH3 is 2. The number of hydrogen-bond donors (Lipinski definition) is 1. The number of ether oxygens (including phenoxy) is 2. The third-order valence-electron chi connectivity index (χ3n) is 2.86. The van der Waals surface area contributed by atoms with Crippen LogP contribution in [0, 0.1) is 5.82 Å². The fourth-order valence-corrected chi connectivity index (χ4v) is 1.96. The fourth-order valence-electron chi connectivity index (χ4n) is 1.96. The lowest BCUT2D eigenvalue weighted by molar-refractivity contribution is -0.00461. The average Bonchev–Trinajstić information content (AvgIpc) is 2.75. The maximum absolute atomic E-state index is 13.6. The number of nitrogen functional groups attached to an aromatic ring is 1. The summed E-state index contributed by atoms with van der Waals surface area (Å²) in [6.07, 6.45) is 0.866. The van der Waals surface area contributed by atoms with Gasteiger partial charge in [-0.1, -0.05) is 0 Å². The lowest BCUT2D eigenvalue weighted by Gasteiger charge is -2.17. The minimum atomic E-state index is -0.495. The molecule has 17 heavy (non-hydrogen) atoms. The molecule has 94 valence electrons. The summed E-state index contributed by atoms with van der Waals surface area (Å²) in [6, 6.07) is 0. The van der Waals surface area contributed by atoms with Crippen LogP contribution >= 0.6 is 0 Å². The standard InChI is InChI=1S/C10H15FN4O2/c1-16-7-4-15(5-8(7)17-2)9-6(11)3-13-10(12)14-9/h3,7-8H,4-5H2,1-2H3,(H2,12,13,14). The predicted molar refractivity (Wildman–Crippen MR) is 60.2 cm³/mol. The summed E-state index contributed by atoms with van der Waals surface area (Å²) in [5.41, 5.74) is 5.45. The van der Waals surface area contributed by atoms with Crippen molar-refractivity contribution in [1.29, 1.82) is 0 Å². The molecule has 1 fully saturated rings. The number of anilines is 2. The molecule has 2 heterocycles. The van der Waals surface area contributed by atoms with Crippen molar-refractivity contribution in [3.63, 3.8) is 0 Å². The Morgan fingerprint density at radius 2 is 1.94 bits per heavy atom. The quantitative estimate of drug-likeness (QED) is 0.807. The summed E-state index contributed by atoms with van der Waals surface area (Å²) < 4.78 is 24.1. The van der Waals surface area contributed by atoms with E-state index < -0.39 is 5.82 Å². The van der Waals surface area contributed by atoms with E-state index in [2.05, 4.69) is 9.97 Å². The molecule has 1 aromatic heterocycles. The Balaban J connectivity index is 2.21. The SMILES string of the molecule is COC1CN(c2nc(N)ncc2F)CC1OC. The van der Waals surface area contributed by atoms with Gasteiger partial charge in [-0.15, -0.1) is 0 Å². The highest BCUT2D eigenvalue weighted by molar-refractivity contribution is 5.44. The normalized spacial score (nSPS) is 24.3. The first-order valence-corrected chi connectivity index (χ1v) is 5.24.